The Labute approximate surface area is 156 Å². The van der Waals surface area contributed by atoms with E-state index in [0.717, 1.165) is 45.1 Å². The van der Waals surface area contributed by atoms with E-state index in [-0.39, 0.29) is 30.1 Å². The summed E-state index contributed by atoms with van der Waals surface area (Å²) in [6.07, 6.45) is 5.74. The Morgan fingerprint density at radius 1 is 1.27 bits per heavy atom. The smallest absolute Gasteiger partial charge is 0.345 e. The van der Waals surface area contributed by atoms with E-state index < -0.39 is 0 Å². The Bertz CT molecular complexity index is 555. The van der Waals surface area contributed by atoms with Gasteiger partial charge in [-0.05, 0) is 44.1 Å². The lowest BCUT2D eigenvalue weighted by atomic mass is 9.60. The summed E-state index contributed by atoms with van der Waals surface area (Å²) in [5, 5.41) is 4.72. The third-order valence-corrected chi connectivity index (χ3v) is 6.62. The van der Waals surface area contributed by atoms with Crippen LogP contribution >= 0.6 is 0 Å². The van der Waals surface area contributed by atoms with Gasteiger partial charge in [-0.25, -0.2) is 4.79 Å². The number of carbonyl (C=O) groups excluding carboxylic acids is 2. The molecule has 3 aliphatic heterocycles. The Kier molecular flexibility index (Phi) is 4.86. The van der Waals surface area contributed by atoms with Gasteiger partial charge in [-0.1, -0.05) is 20.3 Å². The van der Waals surface area contributed by atoms with Crippen LogP contribution in [0.1, 0.15) is 52.4 Å². The third kappa shape index (κ3) is 3.09. The van der Waals surface area contributed by atoms with Crippen molar-refractivity contribution in [1.29, 1.82) is 0 Å². The molecule has 3 amide bonds. The highest BCUT2D eigenvalue weighted by atomic mass is 16.7. The van der Waals surface area contributed by atoms with E-state index in [0.29, 0.717) is 18.6 Å². The lowest BCUT2D eigenvalue weighted by Gasteiger charge is -2.59. The van der Waals surface area contributed by atoms with Crippen LogP contribution in [0.25, 0.3) is 0 Å². The van der Waals surface area contributed by atoms with E-state index in [1.807, 2.05) is 0 Å². The number of urea groups is 1. The van der Waals surface area contributed by atoms with Gasteiger partial charge in [0.15, 0.2) is 0 Å². The van der Waals surface area contributed by atoms with E-state index >= 15 is 0 Å². The number of hydroxylamine groups is 2. The van der Waals surface area contributed by atoms with Crippen LogP contribution in [0.3, 0.4) is 0 Å². The van der Waals surface area contributed by atoms with Crippen LogP contribution in [0, 0.1) is 5.41 Å². The van der Waals surface area contributed by atoms with Crippen molar-refractivity contribution >= 4 is 11.9 Å². The average molecular weight is 364 g/mol. The lowest BCUT2D eigenvalue weighted by Crippen LogP contribution is -2.67. The van der Waals surface area contributed by atoms with Crippen LogP contribution in [0.4, 0.5) is 4.79 Å². The van der Waals surface area contributed by atoms with Crippen molar-refractivity contribution in [2.75, 3.05) is 32.8 Å². The molecule has 0 radical (unpaired) electrons. The van der Waals surface area contributed by atoms with E-state index in [9.17, 15) is 9.59 Å². The molecule has 1 spiro atoms. The molecule has 26 heavy (non-hydrogen) atoms. The molecule has 4 rings (SSSR count). The number of rotatable bonds is 7. The topological polar surface area (TPSA) is 65.1 Å². The summed E-state index contributed by atoms with van der Waals surface area (Å²) in [6.45, 7) is 8.96. The molecule has 0 aromatic carbocycles. The zero-order valence-electron chi connectivity index (χ0n) is 16.1. The van der Waals surface area contributed by atoms with Crippen LogP contribution in [0.2, 0.25) is 0 Å². The standard InChI is InChI=1S/C19H32N4O3/c1-3-5-8-26-23-15-6-7-16(22(11-15)18(23)25)17(24)20-14-9-19(10-14)12-21(4-2)13-19/h14-16H,3-13H2,1-2H3,(H,20,24)/t15-,16+/m1/s1. The number of fused-ring (bicyclic) bond motifs is 2. The van der Waals surface area contributed by atoms with Gasteiger partial charge in [-0.3, -0.25) is 9.63 Å². The summed E-state index contributed by atoms with van der Waals surface area (Å²) in [4.78, 5) is 35.3. The predicted molar refractivity (Wildman–Crippen MR) is 97.3 cm³/mol. The number of amides is 3. The summed E-state index contributed by atoms with van der Waals surface area (Å²) in [7, 11) is 0. The number of unbranched alkanes of at least 4 members (excludes halogenated alkanes) is 1. The minimum atomic E-state index is -0.330. The second-order valence-corrected chi connectivity index (χ2v) is 8.61. The summed E-state index contributed by atoms with van der Waals surface area (Å²) >= 11 is 0. The molecule has 3 saturated heterocycles. The first-order chi connectivity index (χ1) is 12.5. The Morgan fingerprint density at radius 3 is 2.73 bits per heavy atom. The van der Waals surface area contributed by atoms with Crippen molar-refractivity contribution in [3.05, 3.63) is 0 Å². The molecule has 1 N–H and O–H groups in total. The first-order valence-corrected chi connectivity index (χ1v) is 10.3. The number of piperidine rings is 1. The van der Waals surface area contributed by atoms with Gasteiger partial charge in [0.2, 0.25) is 5.91 Å². The number of carbonyl (C=O) groups is 2. The second kappa shape index (κ2) is 7.00. The number of hydrogen-bond donors (Lipinski definition) is 1. The molecule has 7 heteroatoms. The zero-order chi connectivity index (χ0) is 18.3. The zero-order valence-corrected chi connectivity index (χ0v) is 16.1. The summed E-state index contributed by atoms with van der Waals surface area (Å²) in [5.41, 5.74) is 0.457. The second-order valence-electron chi connectivity index (χ2n) is 8.61. The molecule has 4 aliphatic rings. The monoisotopic (exact) mass is 364 g/mol. The van der Waals surface area contributed by atoms with Crippen LogP contribution in [0.15, 0.2) is 0 Å². The quantitative estimate of drug-likeness (QED) is 0.697. The van der Waals surface area contributed by atoms with Gasteiger partial charge in [0, 0.05) is 25.7 Å². The van der Waals surface area contributed by atoms with Crippen molar-refractivity contribution < 1.29 is 14.4 Å². The number of hydrogen-bond acceptors (Lipinski definition) is 4. The first-order valence-electron chi connectivity index (χ1n) is 10.3. The molecule has 0 aromatic heterocycles. The molecule has 3 heterocycles. The van der Waals surface area contributed by atoms with Crippen LogP contribution in [-0.2, 0) is 9.63 Å². The fourth-order valence-electron chi connectivity index (χ4n) is 5.15. The van der Waals surface area contributed by atoms with Gasteiger partial charge in [-0.2, -0.15) is 5.06 Å². The molecular weight excluding hydrogens is 332 g/mol. The van der Waals surface area contributed by atoms with E-state index in [1.165, 1.54) is 18.2 Å². The largest absolute Gasteiger partial charge is 0.352 e. The molecule has 1 saturated carbocycles. The molecule has 4 fully saturated rings. The van der Waals surface area contributed by atoms with Crippen LogP contribution in [0.5, 0.6) is 0 Å². The maximum Gasteiger partial charge on any atom is 0.345 e. The molecule has 0 unspecified atom stereocenters. The van der Waals surface area contributed by atoms with E-state index in [1.54, 1.807) is 4.90 Å². The molecule has 1 aliphatic carbocycles. The summed E-state index contributed by atoms with van der Waals surface area (Å²) in [6, 6.07) is -0.0748. The Hall–Kier alpha value is -1.34. The maximum atomic E-state index is 12.8. The van der Waals surface area contributed by atoms with Gasteiger partial charge in [0.05, 0.1) is 12.6 Å². The molecule has 2 atom stereocenters. The van der Waals surface area contributed by atoms with Gasteiger partial charge in [0.25, 0.3) is 0 Å². The summed E-state index contributed by atoms with van der Waals surface area (Å²) in [5.74, 6) is 0.0266. The van der Waals surface area contributed by atoms with Gasteiger partial charge >= 0.3 is 6.03 Å². The molecule has 7 nitrogen and oxygen atoms in total. The van der Waals surface area contributed by atoms with Crippen molar-refractivity contribution in [3.8, 4) is 0 Å². The summed E-state index contributed by atoms with van der Waals surface area (Å²) < 4.78 is 0. The SMILES string of the molecule is CCCCON1C(=O)N2C[C@H]1CC[C@H]2C(=O)NC1CC2(C1)CN(CC)C2. The van der Waals surface area contributed by atoms with E-state index in [2.05, 4.69) is 24.1 Å². The van der Waals surface area contributed by atoms with Crippen molar-refractivity contribution in [3.63, 3.8) is 0 Å². The molecular formula is C19H32N4O3. The minimum Gasteiger partial charge on any atom is -0.352 e. The van der Waals surface area contributed by atoms with Gasteiger partial charge < -0.3 is 15.1 Å². The fourth-order valence-corrected chi connectivity index (χ4v) is 5.15. The third-order valence-electron chi connectivity index (χ3n) is 6.62. The molecule has 0 aromatic rings. The van der Waals surface area contributed by atoms with Gasteiger partial charge in [0.1, 0.15) is 6.04 Å². The maximum absolute atomic E-state index is 12.8. The van der Waals surface area contributed by atoms with Crippen LogP contribution < -0.4 is 5.32 Å². The lowest BCUT2D eigenvalue weighted by molar-refractivity contribution is -0.132. The fraction of sp³-hybridized carbons (Fsp3) is 0.895. The highest BCUT2D eigenvalue weighted by Crippen LogP contribution is 2.48. The van der Waals surface area contributed by atoms with Crippen LogP contribution in [-0.4, -0.2) is 77.7 Å². The first kappa shape index (κ1) is 18.0. The highest BCUT2D eigenvalue weighted by molar-refractivity contribution is 5.88. The van der Waals surface area contributed by atoms with Crippen molar-refractivity contribution in [2.45, 2.75) is 70.5 Å². The highest BCUT2D eigenvalue weighted by Gasteiger charge is 2.53. The number of likely N-dealkylation sites (tertiary alicyclic amines) is 1. The van der Waals surface area contributed by atoms with E-state index in [4.69, 9.17) is 4.84 Å². The van der Waals surface area contributed by atoms with Crippen molar-refractivity contribution in [2.24, 2.45) is 5.41 Å². The number of nitrogens with one attached hydrogen (secondary N) is 1. The van der Waals surface area contributed by atoms with Gasteiger partial charge in [-0.15, -0.1) is 0 Å². The number of nitrogens with zero attached hydrogens (tertiary/aromatic N) is 3. The Morgan fingerprint density at radius 2 is 2.04 bits per heavy atom. The van der Waals surface area contributed by atoms with Crippen molar-refractivity contribution in [1.82, 2.24) is 20.2 Å². The molecule has 146 valence electrons. The minimum absolute atomic E-state index is 0.0266. The molecule has 2 bridgehead atoms. The Balaban J connectivity index is 1.27. The average Bonchev–Trinajstić information content (AvgIpc) is 2.80. The predicted octanol–water partition coefficient (Wildman–Crippen LogP) is 1.59. The normalized spacial score (nSPS) is 30.5.